The van der Waals surface area contributed by atoms with Gasteiger partial charge in [0, 0.05) is 10.7 Å². The maximum atomic E-state index is 12.8. The Morgan fingerprint density at radius 1 is 0.895 bits per heavy atom. The van der Waals surface area contributed by atoms with Crippen LogP contribution in [0.4, 0.5) is 4.39 Å². The van der Waals surface area contributed by atoms with E-state index < -0.39 is 9.05 Å². The van der Waals surface area contributed by atoms with Gasteiger partial charge in [0.05, 0.1) is 5.75 Å². The summed E-state index contributed by atoms with van der Waals surface area (Å²) in [5.74, 6) is -0.350. The first-order valence-corrected chi connectivity index (χ1v) is 8.19. The van der Waals surface area contributed by atoms with Gasteiger partial charge in [0.2, 0.25) is 9.05 Å². The van der Waals surface area contributed by atoms with E-state index in [4.69, 9.17) is 10.7 Å². The normalized spacial score (nSPS) is 11.5. The molecule has 19 heavy (non-hydrogen) atoms. The van der Waals surface area contributed by atoms with Gasteiger partial charge in [-0.05, 0) is 35.2 Å². The highest BCUT2D eigenvalue weighted by atomic mass is 35.7. The zero-order valence-corrected chi connectivity index (χ0v) is 11.6. The van der Waals surface area contributed by atoms with Crippen molar-refractivity contribution in [2.24, 2.45) is 0 Å². The molecule has 0 amide bonds. The molecule has 0 atom stereocenters. The largest absolute Gasteiger partial charge is 0.232 e. The van der Waals surface area contributed by atoms with Gasteiger partial charge < -0.3 is 0 Å². The van der Waals surface area contributed by atoms with E-state index in [1.54, 1.807) is 12.1 Å². The molecule has 100 valence electrons. The van der Waals surface area contributed by atoms with E-state index in [1.165, 1.54) is 12.1 Å². The van der Waals surface area contributed by atoms with Gasteiger partial charge in [-0.25, -0.2) is 12.8 Å². The number of hydrogen-bond acceptors (Lipinski definition) is 2. The fourth-order valence-electron chi connectivity index (χ4n) is 1.75. The average molecular weight is 299 g/mol. The van der Waals surface area contributed by atoms with Crippen molar-refractivity contribution in [1.82, 2.24) is 0 Å². The third kappa shape index (κ3) is 4.33. The second kappa shape index (κ2) is 5.72. The summed E-state index contributed by atoms with van der Waals surface area (Å²) in [6.07, 6.45) is 0.384. The van der Waals surface area contributed by atoms with Gasteiger partial charge in [-0.1, -0.05) is 36.4 Å². The molecule has 0 aliphatic rings. The summed E-state index contributed by atoms with van der Waals surface area (Å²) in [6.45, 7) is 0. The Morgan fingerprint density at radius 2 is 1.37 bits per heavy atom. The van der Waals surface area contributed by atoms with Gasteiger partial charge in [0.1, 0.15) is 5.82 Å². The number of aryl methyl sites for hydroxylation is 1. The van der Waals surface area contributed by atoms with Gasteiger partial charge >= 0.3 is 0 Å². The van der Waals surface area contributed by atoms with Crippen LogP contribution in [0.1, 0.15) is 5.56 Å². The number of benzene rings is 2. The predicted octanol–water partition coefficient (Wildman–Crippen LogP) is 3.60. The standard InChI is InChI=1S/C14H12ClFO2S/c15-19(17,18)10-9-11-1-3-12(4-2-11)13-5-7-14(16)8-6-13/h1-8H,9-10H2. The topological polar surface area (TPSA) is 34.1 Å². The van der Waals surface area contributed by atoms with Crippen LogP contribution in [0.25, 0.3) is 11.1 Å². The lowest BCUT2D eigenvalue weighted by Gasteiger charge is -2.04. The van der Waals surface area contributed by atoms with E-state index in [9.17, 15) is 12.8 Å². The molecule has 0 saturated carbocycles. The first-order valence-electron chi connectivity index (χ1n) is 5.71. The van der Waals surface area contributed by atoms with Crippen molar-refractivity contribution in [3.8, 4) is 11.1 Å². The minimum Gasteiger partial charge on any atom is -0.212 e. The Bertz CT molecular complexity index is 649. The molecule has 5 heteroatoms. The van der Waals surface area contributed by atoms with Gasteiger partial charge in [0.15, 0.2) is 0 Å². The van der Waals surface area contributed by atoms with Crippen LogP contribution in [0.5, 0.6) is 0 Å². The van der Waals surface area contributed by atoms with Crippen molar-refractivity contribution in [1.29, 1.82) is 0 Å². The highest BCUT2D eigenvalue weighted by Crippen LogP contribution is 2.20. The van der Waals surface area contributed by atoms with Crippen LogP contribution >= 0.6 is 10.7 Å². The summed E-state index contributed by atoms with van der Waals surface area (Å²) in [5.41, 5.74) is 2.77. The lowest BCUT2D eigenvalue weighted by Crippen LogP contribution is -2.00. The Hall–Kier alpha value is -1.39. The fraction of sp³-hybridized carbons (Fsp3) is 0.143. The molecule has 0 heterocycles. The van der Waals surface area contributed by atoms with Gasteiger partial charge in [0.25, 0.3) is 0 Å². The molecule has 0 unspecified atom stereocenters. The lowest BCUT2D eigenvalue weighted by atomic mass is 10.0. The Morgan fingerprint density at radius 3 is 1.84 bits per heavy atom. The molecular formula is C14H12ClFO2S. The predicted molar refractivity (Wildman–Crippen MR) is 75.2 cm³/mol. The van der Waals surface area contributed by atoms with E-state index in [2.05, 4.69) is 0 Å². The van der Waals surface area contributed by atoms with Crippen molar-refractivity contribution in [3.63, 3.8) is 0 Å². The van der Waals surface area contributed by atoms with E-state index in [1.807, 2.05) is 24.3 Å². The molecule has 0 aromatic heterocycles. The van der Waals surface area contributed by atoms with Crippen LogP contribution in [-0.2, 0) is 15.5 Å². The van der Waals surface area contributed by atoms with E-state index in [0.29, 0.717) is 6.42 Å². The first kappa shape index (κ1) is 14.0. The van der Waals surface area contributed by atoms with Crippen LogP contribution in [0, 0.1) is 5.82 Å². The third-order valence-electron chi connectivity index (χ3n) is 2.77. The van der Waals surface area contributed by atoms with Gasteiger partial charge in [-0.3, -0.25) is 0 Å². The molecular weight excluding hydrogens is 287 g/mol. The van der Waals surface area contributed by atoms with Crippen LogP contribution in [0.3, 0.4) is 0 Å². The van der Waals surface area contributed by atoms with Crippen LogP contribution in [-0.4, -0.2) is 14.2 Å². The Balaban J connectivity index is 2.12. The molecule has 0 fully saturated rings. The summed E-state index contributed by atoms with van der Waals surface area (Å²) in [4.78, 5) is 0. The summed E-state index contributed by atoms with van der Waals surface area (Å²) in [5, 5.41) is 0. The highest BCUT2D eigenvalue weighted by molar-refractivity contribution is 8.13. The number of rotatable bonds is 4. The molecule has 0 N–H and O–H groups in total. The molecule has 0 radical (unpaired) electrons. The van der Waals surface area contributed by atoms with Crippen LogP contribution < -0.4 is 0 Å². The quantitative estimate of drug-likeness (QED) is 0.808. The third-order valence-corrected chi connectivity index (χ3v) is 3.92. The minimum atomic E-state index is -3.46. The molecule has 2 nitrogen and oxygen atoms in total. The maximum Gasteiger partial charge on any atom is 0.232 e. The lowest BCUT2D eigenvalue weighted by molar-refractivity contribution is 0.609. The summed E-state index contributed by atoms with van der Waals surface area (Å²) < 4.78 is 34.5. The van der Waals surface area contributed by atoms with Gasteiger partial charge in [-0.15, -0.1) is 0 Å². The zero-order valence-electron chi connectivity index (χ0n) is 10.0. The maximum absolute atomic E-state index is 12.8. The van der Waals surface area contributed by atoms with Crippen molar-refractivity contribution < 1.29 is 12.8 Å². The molecule has 0 aliphatic carbocycles. The second-order valence-electron chi connectivity index (χ2n) is 4.20. The molecule has 0 aliphatic heterocycles. The van der Waals surface area contributed by atoms with Crippen molar-refractivity contribution in [2.45, 2.75) is 6.42 Å². The van der Waals surface area contributed by atoms with Gasteiger partial charge in [-0.2, -0.15) is 0 Å². The van der Waals surface area contributed by atoms with Crippen molar-refractivity contribution in [3.05, 3.63) is 59.9 Å². The molecule has 2 aromatic rings. The Kier molecular flexibility index (Phi) is 4.22. The minimum absolute atomic E-state index is 0.0789. The summed E-state index contributed by atoms with van der Waals surface area (Å²) in [7, 11) is 1.70. The average Bonchev–Trinajstić information content (AvgIpc) is 2.37. The van der Waals surface area contributed by atoms with E-state index in [0.717, 1.165) is 16.7 Å². The van der Waals surface area contributed by atoms with E-state index in [-0.39, 0.29) is 11.6 Å². The Labute approximate surface area is 116 Å². The van der Waals surface area contributed by atoms with E-state index >= 15 is 0 Å². The molecule has 2 rings (SSSR count). The van der Waals surface area contributed by atoms with Crippen LogP contribution in [0.2, 0.25) is 0 Å². The highest BCUT2D eigenvalue weighted by Gasteiger charge is 2.05. The first-order chi connectivity index (χ1) is 8.94. The zero-order chi connectivity index (χ0) is 13.9. The van der Waals surface area contributed by atoms with Crippen molar-refractivity contribution >= 4 is 19.7 Å². The smallest absolute Gasteiger partial charge is 0.212 e. The SMILES string of the molecule is O=S(=O)(Cl)CCc1ccc(-c2ccc(F)cc2)cc1. The molecule has 2 aromatic carbocycles. The van der Waals surface area contributed by atoms with Crippen molar-refractivity contribution in [2.75, 3.05) is 5.75 Å². The fourth-order valence-corrected chi connectivity index (χ4v) is 2.46. The van der Waals surface area contributed by atoms with Crippen LogP contribution in [0.15, 0.2) is 48.5 Å². The molecule has 0 saturated heterocycles. The number of halogens is 2. The molecule has 0 spiro atoms. The summed E-state index contributed by atoms with van der Waals surface area (Å²) in [6, 6.07) is 13.7. The second-order valence-corrected chi connectivity index (χ2v) is 7.09. The molecule has 0 bridgehead atoms. The number of hydrogen-bond donors (Lipinski definition) is 0. The summed E-state index contributed by atoms with van der Waals surface area (Å²) >= 11 is 0. The monoisotopic (exact) mass is 298 g/mol.